The van der Waals surface area contributed by atoms with Crippen molar-refractivity contribution in [3.63, 3.8) is 0 Å². The molecule has 0 bridgehead atoms. The Morgan fingerprint density at radius 2 is 1.51 bits per heavy atom. The molecule has 41 heavy (non-hydrogen) atoms. The second kappa shape index (κ2) is 14.4. The van der Waals surface area contributed by atoms with E-state index in [-0.39, 0.29) is 25.3 Å². The van der Waals surface area contributed by atoms with Crippen LogP contribution in [0.25, 0.3) is 11.1 Å². The Balaban J connectivity index is 1.45. The van der Waals surface area contributed by atoms with Gasteiger partial charge < -0.3 is 20.1 Å². The fraction of sp³-hybridized carbons (Fsp3) is 0.188. The van der Waals surface area contributed by atoms with E-state index in [0.717, 1.165) is 22.9 Å². The molecule has 4 rings (SSSR count). The van der Waals surface area contributed by atoms with Crippen molar-refractivity contribution in [1.29, 1.82) is 0 Å². The van der Waals surface area contributed by atoms with E-state index < -0.39 is 29.8 Å². The van der Waals surface area contributed by atoms with E-state index in [1.54, 1.807) is 42.6 Å². The summed E-state index contributed by atoms with van der Waals surface area (Å²) in [5.41, 5.74) is 3.55. The Hall–Kier alpha value is -5.05. The Morgan fingerprint density at radius 3 is 2.17 bits per heavy atom. The number of benzene rings is 3. The summed E-state index contributed by atoms with van der Waals surface area (Å²) in [7, 11) is 0. The van der Waals surface area contributed by atoms with Crippen LogP contribution >= 0.6 is 0 Å². The summed E-state index contributed by atoms with van der Waals surface area (Å²) in [5.74, 6) is -2.00. The minimum absolute atomic E-state index is 0.00895. The van der Waals surface area contributed by atoms with Crippen molar-refractivity contribution in [2.24, 2.45) is 0 Å². The zero-order valence-electron chi connectivity index (χ0n) is 22.5. The molecule has 0 spiro atoms. The molecule has 9 heteroatoms. The summed E-state index contributed by atoms with van der Waals surface area (Å²) >= 11 is 0. The number of alkyl carbamates (subject to hydrolysis) is 1. The lowest BCUT2D eigenvalue weighted by molar-refractivity contribution is -0.147. The Morgan fingerprint density at radius 1 is 0.854 bits per heavy atom. The summed E-state index contributed by atoms with van der Waals surface area (Å²) in [6.07, 6.45) is 1.43. The molecule has 1 aromatic heterocycles. The third-order valence-electron chi connectivity index (χ3n) is 6.18. The Kier molecular flexibility index (Phi) is 10.1. The van der Waals surface area contributed by atoms with Crippen molar-refractivity contribution in [2.45, 2.75) is 32.6 Å². The van der Waals surface area contributed by atoms with Gasteiger partial charge in [-0.05, 0) is 47.4 Å². The van der Waals surface area contributed by atoms with Crippen LogP contribution in [0.15, 0.2) is 97.2 Å². The topological polar surface area (TPSA) is 107 Å². The van der Waals surface area contributed by atoms with E-state index in [2.05, 4.69) is 15.6 Å². The number of halogens is 1. The molecule has 0 radical (unpaired) electrons. The van der Waals surface area contributed by atoms with Crippen LogP contribution in [0.1, 0.15) is 34.1 Å². The number of nitrogens with one attached hydrogen (secondary N) is 2. The van der Waals surface area contributed by atoms with Gasteiger partial charge in [-0.3, -0.25) is 9.78 Å². The van der Waals surface area contributed by atoms with E-state index >= 15 is 0 Å². The first-order chi connectivity index (χ1) is 19.9. The molecule has 0 aliphatic heterocycles. The zero-order valence-corrected chi connectivity index (χ0v) is 22.5. The van der Waals surface area contributed by atoms with Gasteiger partial charge in [0.15, 0.2) is 0 Å². The molecule has 0 fully saturated rings. The summed E-state index contributed by atoms with van der Waals surface area (Å²) in [6, 6.07) is 24.4. The highest BCUT2D eigenvalue weighted by molar-refractivity contribution is 5.96. The first kappa shape index (κ1) is 28.9. The minimum atomic E-state index is -1.26. The predicted molar refractivity (Wildman–Crippen MR) is 151 cm³/mol. The number of carbonyl (C=O) groups excluding carboxylic acids is 3. The Labute approximate surface area is 237 Å². The van der Waals surface area contributed by atoms with Crippen LogP contribution in [-0.4, -0.2) is 35.5 Å². The molecular formula is C32H30FN3O5. The van der Waals surface area contributed by atoms with E-state index in [1.807, 2.05) is 49.4 Å². The van der Waals surface area contributed by atoms with Crippen LogP contribution in [0.5, 0.6) is 0 Å². The first-order valence-electron chi connectivity index (χ1n) is 13.1. The maximum absolute atomic E-state index is 14.5. The molecule has 210 valence electrons. The molecule has 0 saturated heterocycles. The predicted octanol–water partition coefficient (Wildman–Crippen LogP) is 5.22. The monoisotopic (exact) mass is 555 g/mol. The molecule has 2 N–H and O–H groups in total. The van der Waals surface area contributed by atoms with Crippen LogP contribution in [0.4, 0.5) is 9.18 Å². The fourth-order valence-corrected chi connectivity index (χ4v) is 4.09. The smallest absolute Gasteiger partial charge is 0.408 e. The van der Waals surface area contributed by atoms with Crippen LogP contribution in [-0.2, 0) is 33.9 Å². The summed E-state index contributed by atoms with van der Waals surface area (Å²) < 4.78 is 25.2. The van der Waals surface area contributed by atoms with Crippen molar-refractivity contribution in [1.82, 2.24) is 15.6 Å². The van der Waals surface area contributed by atoms with E-state index in [1.165, 1.54) is 6.07 Å². The number of hydrogen-bond donors (Lipinski definition) is 2. The van der Waals surface area contributed by atoms with Gasteiger partial charge in [0.1, 0.15) is 25.1 Å². The molecule has 8 nitrogen and oxygen atoms in total. The van der Waals surface area contributed by atoms with Gasteiger partial charge in [-0.15, -0.1) is 0 Å². The molecule has 4 aromatic rings. The van der Waals surface area contributed by atoms with Crippen molar-refractivity contribution in [3.05, 3.63) is 125 Å². The molecule has 0 aliphatic rings. The van der Waals surface area contributed by atoms with Crippen LogP contribution in [0, 0.1) is 5.82 Å². The number of aromatic nitrogens is 1. The molecule has 2 amide bonds. The number of hydrogen-bond acceptors (Lipinski definition) is 6. The van der Waals surface area contributed by atoms with Gasteiger partial charge in [0.05, 0.1) is 0 Å². The van der Waals surface area contributed by atoms with E-state index in [4.69, 9.17) is 9.47 Å². The van der Waals surface area contributed by atoms with Crippen molar-refractivity contribution < 1.29 is 28.2 Å². The normalized spacial score (nSPS) is 11.3. The highest BCUT2D eigenvalue weighted by atomic mass is 19.1. The maximum atomic E-state index is 14.5. The highest BCUT2D eigenvalue weighted by Crippen LogP contribution is 2.25. The molecular weight excluding hydrogens is 525 g/mol. The number of amides is 2. The van der Waals surface area contributed by atoms with Crippen molar-refractivity contribution in [2.75, 3.05) is 6.54 Å². The molecule has 0 unspecified atom stereocenters. The maximum Gasteiger partial charge on any atom is 0.408 e. The second-order valence-corrected chi connectivity index (χ2v) is 9.14. The van der Waals surface area contributed by atoms with Gasteiger partial charge in [-0.25, -0.2) is 14.0 Å². The standard InChI is InChI=1S/C32H30FN3O5/c1-2-28-27(14-9-15-34-28)24-16-25(18-26(33)17-24)30(37)35-19-29(31(38)40-20-22-10-5-3-6-11-22)36-32(39)41-21-23-12-7-4-8-13-23/h3-18,29H,2,19-21H2,1H3,(H,35,37)(H,36,39)/t29-/m1/s1. The number of carbonyl (C=O) groups is 3. The van der Waals surface area contributed by atoms with Gasteiger partial charge in [-0.2, -0.15) is 0 Å². The van der Waals surface area contributed by atoms with Crippen LogP contribution in [0.3, 0.4) is 0 Å². The second-order valence-electron chi connectivity index (χ2n) is 9.14. The molecule has 0 aliphatic carbocycles. The van der Waals surface area contributed by atoms with Gasteiger partial charge in [0.25, 0.3) is 5.91 Å². The lowest BCUT2D eigenvalue weighted by Gasteiger charge is -2.18. The lowest BCUT2D eigenvalue weighted by Crippen LogP contribution is -2.49. The van der Waals surface area contributed by atoms with Crippen LogP contribution < -0.4 is 10.6 Å². The number of pyridine rings is 1. The third-order valence-corrected chi connectivity index (χ3v) is 6.18. The van der Waals surface area contributed by atoms with Crippen LogP contribution in [0.2, 0.25) is 0 Å². The van der Waals surface area contributed by atoms with Gasteiger partial charge in [0, 0.05) is 29.6 Å². The van der Waals surface area contributed by atoms with Crippen molar-refractivity contribution in [3.8, 4) is 11.1 Å². The SMILES string of the molecule is CCc1ncccc1-c1cc(F)cc(C(=O)NC[C@@H](NC(=O)OCc2ccccc2)C(=O)OCc2ccccc2)c1. The van der Waals surface area contributed by atoms with E-state index in [0.29, 0.717) is 17.5 Å². The molecule has 1 heterocycles. The number of nitrogens with zero attached hydrogens (tertiary/aromatic N) is 1. The highest BCUT2D eigenvalue weighted by Gasteiger charge is 2.25. The third kappa shape index (κ3) is 8.47. The number of esters is 1. The minimum Gasteiger partial charge on any atom is -0.459 e. The van der Waals surface area contributed by atoms with Gasteiger partial charge in [-0.1, -0.05) is 73.7 Å². The van der Waals surface area contributed by atoms with Crippen molar-refractivity contribution >= 4 is 18.0 Å². The summed E-state index contributed by atoms with van der Waals surface area (Å²) in [5, 5.41) is 5.06. The number of rotatable bonds is 11. The first-order valence-corrected chi connectivity index (χ1v) is 13.1. The molecule has 1 atom stereocenters. The average molecular weight is 556 g/mol. The van der Waals surface area contributed by atoms with Gasteiger partial charge in [0.2, 0.25) is 0 Å². The Bertz CT molecular complexity index is 1480. The lowest BCUT2D eigenvalue weighted by atomic mass is 10.00. The number of ether oxygens (including phenoxy) is 2. The number of aryl methyl sites for hydroxylation is 1. The van der Waals surface area contributed by atoms with Gasteiger partial charge >= 0.3 is 12.1 Å². The quantitative estimate of drug-likeness (QED) is 0.246. The fourth-order valence-electron chi connectivity index (χ4n) is 4.09. The molecule has 0 saturated carbocycles. The average Bonchev–Trinajstić information content (AvgIpc) is 3.01. The largest absolute Gasteiger partial charge is 0.459 e. The summed E-state index contributed by atoms with van der Waals surface area (Å²) in [4.78, 5) is 42.8. The summed E-state index contributed by atoms with van der Waals surface area (Å²) in [6.45, 7) is 1.59. The zero-order chi connectivity index (χ0) is 29.0. The van der Waals surface area contributed by atoms with E-state index in [9.17, 15) is 18.8 Å². The molecule has 3 aromatic carbocycles.